The molecular formula is C8H5F5. The van der Waals surface area contributed by atoms with E-state index in [0.29, 0.717) is 6.92 Å². The minimum atomic E-state index is -3.52. The van der Waals surface area contributed by atoms with E-state index in [1.165, 1.54) is 0 Å². The van der Waals surface area contributed by atoms with E-state index in [4.69, 9.17) is 0 Å². The number of rotatable bonds is 1. The molecule has 0 saturated heterocycles. The van der Waals surface area contributed by atoms with Gasteiger partial charge in [-0.15, -0.1) is 0 Å². The molecule has 0 heterocycles. The molecule has 0 amide bonds. The van der Waals surface area contributed by atoms with E-state index in [0.717, 1.165) is 0 Å². The maximum absolute atomic E-state index is 12.6. The Balaban J connectivity index is 3.32. The molecule has 13 heavy (non-hydrogen) atoms. The lowest BCUT2D eigenvalue weighted by Crippen LogP contribution is -2.11. The summed E-state index contributed by atoms with van der Waals surface area (Å²) in [6, 6.07) is 0.257. The summed E-state index contributed by atoms with van der Waals surface area (Å²) in [7, 11) is 0. The van der Waals surface area contributed by atoms with Crippen molar-refractivity contribution in [2.45, 2.75) is 12.8 Å². The first-order valence-electron chi connectivity index (χ1n) is 3.35. The second kappa shape index (κ2) is 2.97. The van der Waals surface area contributed by atoms with Gasteiger partial charge in [0.15, 0.2) is 11.6 Å². The molecule has 0 fully saturated rings. The van der Waals surface area contributed by atoms with Crippen molar-refractivity contribution in [1.29, 1.82) is 0 Å². The molecule has 0 aliphatic heterocycles. The third-order valence-electron chi connectivity index (χ3n) is 1.48. The molecule has 0 bridgehead atoms. The second-order valence-electron chi connectivity index (χ2n) is 2.63. The zero-order chi connectivity index (χ0) is 10.2. The van der Waals surface area contributed by atoms with Crippen LogP contribution in [0.4, 0.5) is 22.0 Å². The van der Waals surface area contributed by atoms with Gasteiger partial charge in [0.1, 0.15) is 5.82 Å². The van der Waals surface area contributed by atoms with Crippen LogP contribution in [0, 0.1) is 17.5 Å². The second-order valence-corrected chi connectivity index (χ2v) is 2.63. The van der Waals surface area contributed by atoms with Crippen molar-refractivity contribution in [1.82, 2.24) is 0 Å². The summed E-state index contributed by atoms with van der Waals surface area (Å²) < 4.78 is 62.3. The smallest absolute Gasteiger partial charge is 0.206 e. The average molecular weight is 196 g/mol. The van der Waals surface area contributed by atoms with Crippen molar-refractivity contribution < 1.29 is 22.0 Å². The molecule has 0 unspecified atom stereocenters. The van der Waals surface area contributed by atoms with Gasteiger partial charge in [-0.05, 0) is 6.07 Å². The van der Waals surface area contributed by atoms with Gasteiger partial charge in [0.05, 0.1) is 5.56 Å². The highest BCUT2D eigenvalue weighted by Crippen LogP contribution is 2.30. The van der Waals surface area contributed by atoms with Crippen LogP contribution in [0.15, 0.2) is 12.1 Å². The Morgan fingerprint density at radius 2 is 1.38 bits per heavy atom. The van der Waals surface area contributed by atoms with Gasteiger partial charge >= 0.3 is 0 Å². The Kier molecular flexibility index (Phi) is 2.28. The Morgan fingerprint density at radius 3 is 1.85 bits per heavy atom. The van der Waals surface area contributed by atoms with Crippen LogP contribution >= 0.6 is 0 Å². The van der Waals surface area contributed by atoms with Crippen LogP contribution in [0.25, 0.3) is 0 Å². The number of alkyl halides is 2. The fourth-order valence-corrected chi connectivity index (χ4v) is 0.859. The zero-order valence-corrected chi connectivity index (χ0v) is 6.54. The minimum absolute atomic E-state index is 0.0993. The van der Waals surface area contributed by atoms with Crippen LogP contribution < -0.4 is 0 Å². The summed E-state index contributed by atoms with van der Waals surface area (Å²) in [5, 5.41) is 0. The van der Waals surface area contributed by atoms with E-state index in [-0.39, 0.29) is 12.1 Å². The molecule has 1 aromatic rings. The summed E-state index contributed by atoms with van der Waals surface area (Å²) in [5.74, 6) is -7.94. The first-order chi connectivity index (χ1) is 5.82. The van der Waals surface area contributed by atoms with Gasteiger partial charge in [0.2, 0.25) is 0 Å². The molecule has 0 nitrogen and oxygen atoms in total. The average Bonchev–Trinajstić information content (AvgIpc) is 1.94. The summed E-state index contributed by atoms with van der Waals surface area (Å²) in [6.45, 7) is 0.406. The quantitative estimate of drug-likeness (QED) is 0.477. The lowest BCUT2D eigenvalue weighted by Gasteiger charge is -2.11. The summed E-state index contributed by atoms with van der Waals surface area (Å²) in [4.78, 5) is 0. The van der Waals surface area contributed by atoms with Crippen molar-refractivity contribution in [2.24, 2.45) is 0 Å². The van der Waals surface area contributed by atoms with Gasteiger partial charge in [-0.1, -0.05) is 0 Å². The maximum atomic E-state index is 12.6. The van der Waals surface area contributed by atoms with E-state index in [9.17, 15) is 22.0 Å². The maximum Gasteiger partial charge on any atom is 0.273 e. The molecule has 0 aliphatic rings. The first-order valence-corrected chi connectivity index (χ1v) is 3.35. The topological polar surface area (TPSA) is 0 Å². The lowest BCUT2D eigenvalue weighted by atomic mass is 10.1. The van der Waals surface area contributed by atoms with E-state index < -0.39 is 28.9 Å². The standard InChI is InChI=1S/C8H5F5/c1-8(12,13)4-2-6(10)7(11)3-5(4)9/h2-3H,1H3. The van der Waals surface area contributed by atoms with Crippen molar-refractivity contribution in [3.63, 3.8) is 0 Å². The van der Waals surface area contributed by atoms with Crippen LogP contribution in [-0.4, -0.2) is 0 Å². The summed E-state index contributed by atoms with van der Waals surface area (Å²) in [6.07, 6.45) is 0. The van der Waals surface area contributed by atoms with Crippen LogP contribution in [-0.2, 0) is 5.92 Å². The molecule has 5 heteroatoms. The van der Waals surface area contributed by atoms with Crippen LogP contribution in [0.3, 0.4) is 0 Å². The fourth-order valence-electron chi connectivity index (χ4n) is 0.859. The predicted octanol–water partition coefficient (Wildman–Crippen LogP) is 3.22. The van der Waals surface area contributed by atoms with Crippen LogP contribution in [0.2, 0.25) is 0 Å². The van der Waals surface area contributed by atoms with E-state index in [1.54, 1.807) is 0 Å². The van der Waals surface area contributed by atoms with Crippen LogP contribution in [0.1, 0.15) is 12.5 Å². The van der Waals surface area contributed by atoms with Gasteiger partial charge in [0.25, 0.3) is 5.92 Å². The highest BCUT2D eigenvalue weighted by Gasteiger charge is 2.29. The van der Waals surface area contributed by atoms with Crippen molar-refractivity contribution >= 4 is 0 Å². The largest absolute Gasteiger partial charge is 0.273 e. The SMILES string of the molecule is CC(F)(F)c1cc(F)c(F)cc1F. The molecule has 0 spiro atoms. The molecule has 0 radical (unpaired) electrons. The number of halogens is 5. The van der Waals surface area contributed by atoms with E-state index >= 15 is 0 Å². The first kappa shape index (κ1) is 9.95. The van der Waals surface area contributed by atoms with Crippen molar-refractivity contribution in [2.75, 3.05) is 0 Å². The third kappa shape index (κ3) is 1.96. The van der Waals surface area contributed by atoms with Crippen molar-refractivity contribution in [3.8, 4) is 0 Å². The number of benzene rings is 1. The number of hydrogen-bond acceptors (Lipinski definition) is 0. The van der Waals surface area contributed by atoms with Crippen molar-refractivity contribution in [3.05, 3.63) is 35.1 Å². The summed E-state index contributed by atoms with van der Waals surface area (Å²) >= 11 is 0. The summed E-state index contributed by atoms with van der Waals surface area (Å²) in [5.41, 5.74) is -1.15. The highest BCUT2D eigenvalue weighted by atomic mass is 19.3. The van der Waals surface area contributed by atoms with Gasteiger partial charge in [-0.25, -0.2) is 22.0 Å². The molecule has 0 aliphatic carbocycles. The molecular weight excluding hydrogens is 191 g/mol. The van der Waals surface area contributed by atoms with E-state index in [1.807, 2.05) is 0 Å². The third-order valence-corrected chi connectivity index (χ3v) is 1.48. The normalized spacial score (nSPS) is 11.8. The Labute approximate surface area is 71.0 Å². The molecule has 0 N–H and O–H groups in total. The lowest BCUT2D eigenvalue weighted by molar-refractivity contribution is 0.0132. The molecule has 0 aromatic heterocycles. The zero-order valence-electron chi connectivity index (χ0n) is 6.54. The molecule has 1 aromatic carbocycles. The monoisotopic (exact) mass is 196 g/mol. The Bertz CT molecular complexity index is 326. The highest BCUT2D eigenvalue weighted by molar-refractivity contribution is 5.23. The van der Waals surface area contributed by atoms with Crippen LogP contribution in [0.5, 0.6) is 0 Å². The Morgan fingerprint density at radius 1 is 0.923 bits per heavy atom. The van der Waals surface area contributed by atoms with Gasteiger partial charge in [-0.3, -0.25) is 0 Å². The molecule has 0 atom stereocenters. The molecule has 72 valence electrons. The van der Waals surface area contributed by atoms with Gasteiger partial charge in [-0.2, -0.15) is 0 Å². The van der Waals surface area contributed by atoms with Gasteiger partial charge < -0.3 is 0 Å². The Hall–Kier alpha value is -1.13. The molecule has 0 saturated carbocycles. The fraction of sp³-hybridized carbons (Fsp3) is 0.250. The van der Waals surface area contributed by atoms with E-state index in [2.05, 4.69) is 0 Å². The number of hydrogen-bond donors (Lipinski definition) is 0. The molecule has 1 rings (SSSR count). The predicted molar refractivity (Wildman–Crippen MR) is 35.9 cm³/mol. The minimum Gasteiger partial charge on any atom is -0.206 e. The van der Waals surface area contributed by atoms with Gasteiger partial charge in [0, 0.05) is 13.0 Å².